The Hall–Kier alpha value is -1.82. The van der Waals surface area contributed by atoms with Gasteiger partial charge in [0, 0.05) is 13.6 Å². The van der Waals surface area contributed by atoms with E-state index in [9.17, 15) is 4.79 Å². The van der Waals surface area contributed by atoms with Crippen molar-refractivity contribution in [2.75, 3.05) is 7.05 Å². The lowest BCUT2D eigenvalue weighted by molar-refractivity contribution is -0.134. The van der Waals surface area contributed by atoms with Crippen LogP contribution in [-0.4, -0.2) is 17.9 Å². The van der Waals surface area contributed by atoms with Crippen molar-refractivity contribution >= 4 is 5.91 Å². The molecule has 0 atom stereocenters. The predicted octanol–water partition coefficient (Wildman–Crippen LogP) is 2.51. The van der Waals surface area contributed by atoms with Crippen LogP contribution in [0.15, 0.2) is 24.3 Å². The van der Waals surface area contributed by atoms with Gasteiger partial charge in [-0.05, 0) is 30.4 Å². The number of nitriles is 1. The smallest absolute Gasteiger partial charge is 0.243 e. The van der Waals surface area contributed by atoms with E-state index in [1.165, 1.54) is 5.56 Å². The summed E-state index contributed by atoms with van der Waals surface area (Å²) in [7, 11) is 1.77. The summed E-state index contributed by atoms with van der Waals surface area (Å²) in [6.07, 6.45) is 2.44. The molecule has 1 fully saturated rings. The molecule has 0 spiro atoms. The van der Waals surface area contributed by atoms with Crippen molar-refractivity contribution in [2.24, 2.45) is 5.41 Å². The molecule has 18 heavy (non-hydrogen) atoms. The van der Waals surface area contributed by atoms with Crippen molar-refractivity contribution in [3.05, 3.63) is 35.4 Å². The molecule has 2 rings (SSSR count). The Morgan fingerprint density at radius 2 is 1.89 bits per heavy atom. The minimum absolute atomic E-state index is 0.0374. The summed E-state index contributed by atoms with van der Waals surface area (Å²) >= 11 is 0. The molecule has 0 radical (unpaired) electrons. The first-order valence-electron chi connectivity index (χ1n) is 6.36. The molecule has 1 aliphatic carbocycles. The molecule has 1 aliphatic rings. The number of amides is 1. The van der Waals surface area contributed by atoms with Gasteiger partial charge in [-0.3, -0.25) is 4.79 Å². The molecule has 1 aromatic carbocycles. The number of nitrogens with zero attached hydrogens (tertiary/aromatic N) is 2. The summed E-state index contributed by atoms with van der Waals surface area (Å²) in [5.41, 5.74) is 1.69. The summed E-state index contributed by atoms with van der Waals surface area (Å²) in [5.74, 6) is -0.0374. The van der Waals surface area contributed by atoms with Gasteiger partial charge in [0.1, 0.15) is 5.41 Å². The highest BCUT2D eigenvalue weighted by molar-refractivity contribution is 5.88. The third kappa shape index (κ3) is 2.38. The van der Waals surface area contributed by atoms with E-state index >= 15 is 0 Å². The van der Waals surface area contributed by atoms with Crippen LogP contribution in [0.3, 0.4) is 0 Å². The van der Waals surface area contributed by atoms with E-state index in [0.717, 1.165) is 12.0 Å². The standard InChI is InChI=1S/C15H18N2O/c1-3-12-4-6-13(7-5-12)10-17(2)14(18)15(11-16)8-9-15/h4-7H,3,8-10H2,1-2H3. The normalized spacial score (nSPS) is 15.8. The Morgan fingerprint density at radius 3 is 2.33 bits per heavy atom. The molecular formula is C15H18N2O. The molecule has 0 aromatic heterocycles. The third-order valence-electron chi connectivity index (χ3n) is 3.57. The summed E-state index contributed by atoms with van der Waals surface area (Å²) in [5, 5.41) is 9.01. The molecule has 0 N–H and O–H groups in total. The second kappa shape index (κ2) is 4.81. The van der Waals surface area contributed by atoms with Crippen LogP contribution in [-0.2, 0) is 17.8 Å². The van der Waals surface area contributed by atoms with Gasteiger partial charge < -0.3 is 4.90 Å². The second-order valence-electron chi connectivity index (χ2n) is 5.03. The molecule has 94 valence electrons. The van der Waals surface area contributed by atoms with Crippen LogP contribution in [0.4, 0.5) is 0 Å². The first-order valence-corrected chi connectivity index (χ1v) is 6.36. The Balaban J connectivity index is 2.00. The predicted molar refractivity (Wildman–Crippen MR) is 69.6 cm³/mol. The van der Waals surface area contributed by atoms with Crippen LogP contribution >= 0.6 is 0 Å². The monoisotopic (exact) mass is 242 g/mol. The van der Waals surface area contributed by atoms with Crippen LogP contribution in [0.25, 0.3) is 0 Å². The van der Waals surface area contributed by atoms with Gasteiger partial charge in [0.05, 0.1) is 6.07 Å². The van der Waals surface area contributed by atoms with E-state index in [-0.39, 0.29) is 5.91 Å². The second-order valence-corrected chi connectivity index (χ2v) is 5.03. The van der Waals surface area contributed by atoms with Gasteiger partial charge in [0.25, 0.3) is 0 Å². The highest BCUT2D eigenvalue weighted by Gasteiger charge is 2.51. The zero-order valence-electron chi connectivity index (χ0n) is 10.9. The number of carbonyl (C=O) groups excluding carboxylic acids is 1. The SMILES string of the molecule is CCc1ccc(CN(C)C(=O)C2(C#N)CC2)cc1. The molecule has 3 nitrogen and oxygen atoms in total. The molecule has 1 saturated carbocycles. The minimum Gasteiger partial charge on any atom is -0.340 e. The molecule has 0 heterocycles. The van der Waals surface area contributed by atoms with E-state index in [4.69, 9.17) is 5.26 Å². The Bertz CT molecular complexity index is 480. The van der Waals surface area contributed by atoms with Gasteiger partial charge >= 0.3 is 0 Å². The molecule has 3 heteroatoms. The zero-order valence-corrected chi connectivity index (χ0v) is 10.9. The number of rotatable bonds is 4. The van der Waals surface area contributed by atoms with Crippen LogP contribution in [0.5, 0.6) is 0 Å². The van der Waals surface area contributed by atoms with Crippen molar-refractivity contribution in [1.29, 1.82) is 5.26 Å². The zero-order chi connectivity index (χ0) is 13.2. The minimum atomic E-state index is -0.710. The first kappa shape index (κ1) is 12.6. The number of benzene rings is 1. The van der Waals surface area contributed by atoms with Gasteiger partial charge in [0.15, 0.2) is 0 Å². The van der Waals surface area contributed by atoms with Crippen molar-refractivity contribution in [3.63, 3.8) is 0 Å². The molecule has 1 aromatic rings. The van der Waals surface area contributed by atoms with Gasteiger partial charge in [0.2, 0.25) is 5.91 Å². The summed E-state index contributed by atoms with van der Waals surface area (Å²) in [6.45, 7) is 2.70. The van der Waals surface area contributed by atoms with Crippen LogP contribution in [0.2, 0.25) is 0 Å². The molecule has 0 saturated heterocycles. The average Bonchev–Trinajstić information content (AvgIpc) is 3.19. The van der Waals surface area contributed by atoms with Crippen LogP contribution < -0.4 is 0 Å². The largest absolute Gasteiger partial charge is 0.340 e. The molecule has 0 aliphatic heterocycles. The van der Waals surface area contributed by atoms with Gasteiger partial charge in [-0.15, -0.1) is 0 Å². The van der Waals surface area contributed by atoms with E-state index in [2.05, 4.69) is 37.3 Å². The van der Waals surface area contributed by atoms with Crippen molar-refractivity contribution in [3.8, 4) is 6.07 Å². The lowest BCUT2D eigenvalue weighted by Gasteiger charge is -2.19. The van der Waals surface area contributed by atoms with E-state index in [0.29, 0.717) is 19.4 Å². The van der Waals surface area contributed by atoms with Crippen LogP contribution in [0.1, 0.15) is 30.9 Å². The fourth-order valence-corrected chi connectivity index (χ4v) is 2.09. The molecular weight excluding hydrogens is 224 g/mol. The lowest BCUT2D eigenvalue weighted by Crippen LogP contribution is -2.32. The number of hydrogen-bond acceptors (Lipinski definition) is 2. The Kier molecular flexibility index (Phi) is 3.38. The lowest BCUT2D eigenvalue weighted by atomic mass is 10.1. The average molecular weight is 242 g/mol. The summed E-state index contributed by atoms with van der Waals surface area (Å²) < 4.78 is 0. The highest BCUT2D eigenvalue weighted by atomic mass is 16.2. The number of hydrogen-bond donors (Lipinski definition) is 0. The topological polar surface area (TPSA) is 44.1 Å². The van der Waals surface area contributed by atoms with E-state index < -0.39 is 5.41 Å². The highest BCUT2D eigenvalue weighted by Crippen LogP contribution is 2.46. The molecule has 0 bridgehead atoms. The van der Waals surface area contributed by atoms with Crippen LogP contribution in [0, 0.1) is 16.7 Å². The quantitative estimate of drug-likeness (QED) is 0.814. The van der Waals surface area contributed by atoms with Crippen molar-refractivity contribution < 1.29 is 4.79 Å². The maximum absolute atomic E-state index is 12.1. The van der Waals surface area contributed by atoms with E-state index in [1.54, 1.807) is 11.9 Å². The molecule has 0 unspecified atom stereocenters. The number of carbonyl (C=O) groups is 1. The van der Waals surface area contributed by atoms with Crippen molar-refractivity contribution in [2.45, 2.75) is 32.7 Å². The first-order chi connectivity index (χ1) is 8.61. The van der Waals surface area contributed by atoms with Crippen molar-refractivity contribution in [1.82, 2.24) is 4.90 Å². The number of aryl methyl sites for hydroxylation is 1. The van der Waals surface area contributed by atoms with E-state index in [1.807, 2.05) is 0 Å². The maximum Gasteiger partial charge on any atom is 0.243 e. The summed E-state index contributed by atoms with van der Waals surface area (Å²) in [4.78, 5) is 13.8. The van der Waals surface area contributed by atoms with Gasteiger partial charge in [-0.2, -0.15) is 5.26 Å². The maximum atomic E-state index is 12.1. The fourth-order valence-electron chi connectivity index (χ4n) is 2.09. The molecule has 1 amide bonds. The fraction of sp³-hybridized carbons (Fsp3) is 0.467. The third-order valence-corrected chi connectivity index (χ3v) is 3.57. The Labute approximate surface area is 108 Å². The summed E-state index contributed by atoms with van der Waals surface area (Å²) in [6, 6.07) is 10.4. The Morgan fingerprint density at radius 1 is 1.33 bits per heavy atom. The van der Waals surface area contributed by atoms with Gasteiger partial charge in [-0.25, -0.2) is 0 Å². The van der Waals surface area contributed by atoms with Gasteiger partial charge in [-0.1, -0.05) is 31.2 Å².